The van der Waals surface area contributed by atoms with Crippen molar-refractivity contribution in [1.29, 1.82) is 0 Å². The van der Waals surface area contributed by atoms with Crippen molar-refractivity contribution in [3.8, 4) is 0 Å². The van der Waals surface area contributed by atoms with Gasteiger partial charge in [0, 0.05) is 13.6 Å². The molecule has 0 saturated heterocycles. The Morgan fingerprint density at radius 1 is 1.41 bits per heavy atom. The molecular formula is C6H9N4NaO3S3. The Bertz CT molecular complexity index is 552. The van der Waals surface area contributed by atoms with Crippen molar-refractivity contribution in [3.05, 3.63) is 9.54 Å². The van der Waals surface area contributed by atoms with Crippen LogP contribution in [0.2, 0.25) is 0 Å². The largest absolute Gasteiger partial charge is 1.00 e. The van der Waals surface area contributed by atoms with Gasteiger partial charge in [-0.25, -0.2) is 8.42 Å². The van der Waals surface area contributed by atoms with Crippen molar-refractivity contribution in [2.45, 2.75) is 0 Å². The molecule has 1 aromatic rings. The summed E-state index contributed by atoms with van der Waals surface area (Å²) in [5.41, 5.74) is 0. The van der Waals surface area contributed by atoms with E-state index in [1.54, 1.807) is 7.05 Å². The average Bonchev–Trinajstić information content (AvgIpc) is 2.11. The van der Waals surface area contributed by atoms with Crippen LogP contribution in [-0.2, 0) is 10.1 Å². The molecule has 0 saturated carbocycles. The summed E-state index contributed by atoms with van der Waals surface area (Å²) in [7, 11) is -2.66. The predicted molar refractivity (Wildman–Crippen MR) is 62.4 cm³/mol. The molecule has 0 amide bonds. The van der Waals surface area contributed by atoms with Gasteiger partial charge in [0.15, 0.2) is 4.77 Å². The smallest absolute Gasteiger partial charge is 0.748 e. The fraction of sp³-hybridized carbons (Fsp3) is 0.500. The number of nitrogens with zero attached hydrogens (tertiary/aromatic N) is 2. The Hall–Kier alpha value is 0.160. The third-order valence-electron chi connectivity index (χ3n) is 1.69. The second-order valence-electron chi connectivity index (χ2n) is 3.00. The second-order valence-corrected chi connectivity index (χ2v) is 5.32. The van der Waals surface area contributed by atoms with E-state index in [1.807, 2.05) is 0 Å². The van der Waals surface area contributed by atoms with E-state index < -0.39 is 15.9 Å². The van der Waals surface area contributed by atoms with Crippen molar-refractivity contribution in [3.63, 3.8) is 0 Å². The van der Waals surface area contributed by atoms with Gasteiger partial charge >= 0.3 is 29.6 Å². The molecule has 0 aliphatic heterocycles. The molecule has 0 radical (unpaired) electrons. The van der Waals surface area contributed by atoms with Crippen LogP contribution in [0.5, 0.6) is 0 Å². The van der Waals surface area contributed by atoms with Crippen LogP contribution in [0.25, 0.3) is 0 Å². The maximum Gasteiger partial charge on any atom is 1.00 e. The quantitative estimate of drug-likeness (QED) is 0.351. The summed E-state index contributed by atoms with van der Waals surface area (Å²) in [6.07, 6.45) is 0. The van der Waals surface area contributed by atoms with E-state index in [0.29, 0.717) is 5.95 Å². The zero-order valence-corrected chi connectivity index (χ0v) is 13.7. The molecule has 0 aliphatic carbocycles. The van der Waals surface area contributed by atoms with E-state index in [1.165, 1.54) is 4.90 Å². The molecule has 0 unspecified atom stereocenters. The number of aromatic amines is 2. The van der Waals surface area contributed by atoms with Crippen LogP contribution in [0, 0.1) is 9.54 Å². The first-order valence-corrected chi connectivity index (χ1v) is 6.53. The van der Waals surface area contributed by atoms with Crippen molar-refractivity contribution in [2.24, 2.45) is 0 Å². The molecule has 1 heterocycles. The maximum atomic E-state index is 10.4. The first-order valence-electron chi connectivity index (χ1n) is 4.13. The molecule has 2 N–H and O–H groups in total. The molecule has 90 valence electrons. The molecule has 7 nitrogen and oxygen atoms in total. The van der Waals surface area contributed by atoms with Gasteiger partial charge in [-0.1, -0.05) is 0 Å². The van der Waals surface area contributed by atoms with Gasteiger partial charge in [-0.15, -0.1) is 0 Å². The normalized spacial score (nSPS) is 10.7. The molecule has 17 heavy (non-hydrogen) atoms. The van der Waals surface area contributed by atoms with Crippen molar-refractivity contribution in [1.82, 2.24) is 15.0 Å². The van der Waals surface area contributed by atoms with Crippen molar-refractivity contribution < 1.29 is 42.5 Å². The first-order chi connectivity index (χ1) is 7.28. The van der Waals surface area contributed by atoms with Crippen LogP contribution in [0.4, 0.5) is 5.95 Å². The SMILES string of the molecule is CN(CCS(=O)(=O)[O-])c1nc(=S)[nH]c(=S)[nH]1.[Na+]. The molecular weight excluding hydrogens is 295 g/mol. The Morgan fingerprint density at radius 3 is 2.47 bits per heavy atom. The summed E-state index contributed by atoms with van der Waals surface area (Å²) in [5, 5.41) is 0. The van der Waals surface area contributed by atoms with Crippen LogP contribution in [0.15, 0.2) is 0 Å². The summed E-state index contributed by atoms with van der Waals surface area (Å²) < 4.78 is 31.8. The van der Waals surface area contributed by atoms with Crippen LogP contribution in [0.1, 0.15) is 0 Å². The number of hydrogen-bond acceptors (Lipinski definition) is 7. The number of rotatable bonds is 4. The second kappa shape index (κ2) is 6.92. The van der Waals surface area contributed by atoms with Gasteiger partial charge < -0.3 is 19.4 Å². The van der Waals surface area contributed by atoms with Gasteiger partial charge in [-0.2, -0.15) is 4.98 Å². The topological polar surface area (TPSA) is 105 Å². The Balaban J connectivity index is 0.00000256. The molecule has 0 atom stereocenters. The van der Waals surface area contributed by atoms with Crippen molar-refractivity contribution in [2.75, 3.05) is 24.2 Å². The summed E-state index contributed by atoms with van der Waals surface area (Å²) in [4.78, 5) is 10.6. The van der Waals surface area contributed by atoms with E-state index in [-0.39, 0.29) is 45.6 Å². The van der Waals surface area contributed by atoms with E-state index in [2.05, 4.69) is 15.0 Å². The third-order valence-corrected chi connectivity index (χ3v) is 2.77. The number of anilines is 1. The predicted octanol–water partition coefficient (Wildman–Crippen LogP) is -2.82. The molecule has 0 bridgehead atoms. The molecule has 0 spiro atoms. The number of nitrogens with one attached hydrogen (secondary N) is 2. The van der Waals surface area contributed by atoms with Gasteiger partial charge in [0.05, 0.1) is 15.9 Å². The third kappa shape index (κ3) is 6.60. The number of hydrogen-bond donors (Lipinski definition) is 2. The molecule has 11 heteroatoms. The first kappa shape index (κ1) is 17.2. The van der Waals surface area contributed by atoms with Gasteiger partial charge in [0.25, 0.3) is 0 Å². The fourth-order valence-corrected chi connectivity index (χ4v) is 1.86. The summed E-state index contributed by atoms with van der Waals surface area (Å²) in [6, 6.07) is 0. The minimum absolute atomic E-state index is 0. The number of H-pyrrole nitrogens is 2. The van der Waals surface area contributed by atoms with E-state index in [4.69, 9.17) is 24.4 Å². The summed E-state index contributed by atoms with van der Waals surface area (Å²) in [5.74, 6) is -0.186. The molecule has 0 fully saturated rings. The van der Waals surface area contributed by atoms with Crippen LogP contribution in [-0.4, -0.2) is 47.3 Å². The molecule has 0 aliphatic rings. The molecule has 0 aromatic carbocycles. The fourth-order valence-electron chi connectivity index (χ4n) is 0.917. The van der Waals surface area contributed by atoms with E-state index >= 15 is 0 Å². The maximum absolute atomic E-state index is 10.4. The van der Waals surface area contributed by atoms with Crippen molar-refractivity contribution >= 4 is 40.5 Å². The summed E-state index contributed by atoms with van der Waals surface area (Å²) >= 11 is 9.64. The number of aromatic nitrogens is 3. The van der Waals surface area contributed by atoms with Gasteiger partial charge in [0.2, 0.25) is 10.7 Å². The Labute approximate surface area is 131 Å². The van der Waals surface area contributed by atoms with Gasteiger partial charge in [-0.05, 0) is 24.4 Å². The standard InChI is InChI=1S/C6H10N4O3S3.Na/c1-10(2-3-16(11,12)13)4-7-5(14)9-6(15)8-4;/h2-3H2,1H3,(H,11,12,13)(H2,7,8,9,14,15);/q;+1/p-1. The average molecular weight is 304 g/mol. The van der Waals surface area contributed by atoms with E-state index in [9.17, 15) is 13.0 Å². The van der Waals surface area contributed by atoms with Gasteiger partial charge in [-0.3, -0.25) is 0 Å². The zero-order chi connectivity index (χ0) is 12.3. The zero-order valence-electron chi connectivity index (χ0n) is 9.26. The minimum atomic E-state index is -4.24. The summed E-state index contributed by atoms with van der Waals surface area (Å²) in [6.45, 7) is 0.0168. The van der Waals surface area contributed by atoms with Crippen LogP contribution >= 0.6 is 24.4 Å². The van der Waals surface area contributed by atoms with Gasteiger partial charge in [0.1, 0.15) is 0 Å². The minimum Gasteiger partial charge on any atom is -0.748 e. The van der Waals surface area contributed by atoms with E-state index in [0.717, 1.165) is 0 Å². The Kier molecular flexibility index (Phi) is 6.99. The van der Waals surface area contributed by atoms with Crippen LogP contribution in [0.3, 0.4) is 0 Å². The van der Waals surface area contributed by atoms with Crippen LogP contribution < -0.4 is 34.5 Å². The molecule has 1 aromatic heterocycles. The Morgan fingerprint density at radius 2 is 2.00 bits per heavy atom. The molecule has 1 rings (SSSR count). The monoisotopic (exact) mass is 304 g/mol.